The number of hydrogen-bond acceptors (Lipinski definition) is 4. The van der Waals surface area contributed by atoms with Gasteiger partial charge in [-0.25, -0.2) is 8.42 Å². The highest BCUT2D eigenvalue weighted by molar-refractivity contribution is 7.90. The minimum Gasteiger partial charge on any atom is -0.314 e. The van der Waals surface area contributed by atoms with Gasteiger partial charge in [-0.1, -0.05) is 13.8 Å². The second kappa shape index (κ2) is 6.52. The van der Waals surface area contributed by atoms with E-state index in [1.807, 2.05) is 13.8 Å². The zero-order chi connectivity index (χ0) is 14.6. The van der Waals surface area contributed by atoms with Crippen molar-refractivity contribution in [1.29, 1.82) is 0 Å². The monoisotopic (exact) mass is 287 g/mol. The predicted molar refractivity (Wildman–Crippen MR) is 78.3 cm³/mol. The number of aromatic nitrogens is 2. The Morgan fingerprint density at radius 3 is 2.47 bits per heavy atom. The third-order valence-corrected chi connectivity index (χ3v) is 4.06. The first-order chi connectivity index (χ1) is 8.70. The van der Waals surface area contributed by atoms with Crippen LogP contribution in [0, 0.1) is 13.8 Å². The molecule has 1 heterocycles. The van der Waals surface area contributed by atoms with Gasteiger partial charge in [-0.3, -0.25) is 4.68 Å². The van der Waals surface area contributed by atoms with Gasteiger partial charge in [-0.05, 0) is 32.4 Å². The molecule has 0 aliphatic carbocycles. The van der Waals surface area contributed by atoms with Crippen LogP contribution in [0.1, 0.15) is 30.8 Å². The van der Waals surface area contributed by atoms with Crippen LogP contribution in [0.15, 0.2) is 0 Å². The Morgan fingerprint density at radius 1 is 1.32 bits per heavy atom. The van der Waals surface area contributed by atoms with Crippen molar-refractivity contribution in [2.45, 2.75) is 46.7 Å². The molecule has 0 atom stereocenters. The summed E-state index contributed by atoms with van der Waals surface area (Å²) in [5, 5.41) is 7.82. The van der Waals surface area contributed by atoms with E-state index in [4.69, 9.17) is 0 Å². The first-order valence-electron chi connectivity index (χ1n) is 6.64. The normalized spacial score (nSPS) is 12.3. The van der Waals surface area contributed by atoms with E-state index in [0.717, 1.165) is 24.4 Å². The van der Waals surface area contributed by atoms with E-state index in [1.165, 1.54) is 11.8 Å². The fourth-order valence-corrected chi connectivity index (χ4v) is 2.56. The molecule has 0 aliphatic heterocycles. The van der Waals surface area contributed by atoms with E-state index in [-0.39, 0.29) is 5.75 Å². The highest BCUT2D eigenvalue weighted by Gasteiger charge is 2.12. The van der Waals surface area contributed by atoms with Crippen molar-refractivity contribution >= 4 is 9.84 Å². The Morgan fingerprint density at radius 2 is 1.95 bits per heavy atom. The number of nitrogens with zero attached hydrogens (tertiary/aromatic N) is 2. The smallest absolute Gasteiger partial charge is 0.149 e. The topological polar surface area (TPSA) is 64.0 Å². The van der Waals surface area contributed by atoms with Crippen LogP contribution in [0.4, 0.5) is 0 Å². The zero-order valence-electron chi connectivity index (χ0n) is 12.5. The quantitative estimate of drug-likeness (QED) is 0.815. The molecule has 1 rings (SSSR count). The molecule has 5 nitrogen and oxygen atoms in total. The van der Waals surface area contributed by atoms with Crippen LogP contribution in [-0.4, -0.2) is 42.8 Å². The third kappa shape index (κ3) is 5.32. The maximum atomic E-state index is 11.2. The molecule has 0 unspecified atom stereocenters. The molecule has 1 aromatic heterocycles. The van der Waals surface area contributed by atoms with Crippen molar-refractivity contribution < 1.29 is 8.42 Å². The summed E-state index contributed by atoms with van der Waals surface area (Å²) in [6, 6.07) is 0.473. The van der Waals surface area contributed by atoms with E-state index in [9.17, 15) is 8.42 Å². The third-order valence-electron chi connectivity index (χ3n) is 3.13. The van der Waals surface area contributed by atoms with Crippen LogP contribution in [0.2, 0.25) is 0 Å². The SMILES string of the molecule is Cc1nn(CCS(C)(=O)=O)c(C)c1CCNC(C)C. The summed E-state index contributed by atoms with van der Waals surface area (Å²) in [5.41, 5.74) is 3.30. The fraction of sp³-hybridized carbons (Fsp3) is 0.769. The molecule has 0 spiro atoms. The Labute approximate surface area is 116 Å². The number of hydrogen-bond donors (Lipinski definition) is 1. The lowest BCUT2D eigenvalue weighted by Crippen LogP contribution is -2.25. The van der Waals surface area contributed by atoms with Gasteiger partial charge in [0, 0.05) is 18.0 Å². The molecule has 1 N–H and O–H groups in total. The second-order valence-electron chi connectivity index (χ2n) is 5.36. The number of rotatable bonds is 7. The molecule has 0 fully saturated rings. The average Bonchev–Trinajstić information content (AvgIpc) is 2.52. The average molecular weight is 287 g/mol. The molecule has 0 bridgehead atoms. The van der Waals surface area contributed by atoms with E-state index < -0.39 is 9.84 Å². The van der Waals surface area contributed by atoms with E-state index >= 15 is 0 Å². The van der Waals surface area contributed by atoms with Gasteiger partial charge in [-0.2, -0.15) is 5.10 Å². The van der Waals surface area contributed by atoms with Crippen LogP contribution in [0.5, 0.6) is 0 Å². The summed E-state index contributed by atoms with van der Waals surface area (Å²) >= 11 is 0. The van der Waals surface area contributed by atoms with Gasteiger partial charge in [-0.15, -0.1) is 0 Å². The number of sulfone groups is 1. The van der Waals surface area contributed by atoms with Gasteiger partial charge in [0.05, 0.1) is 18.0 Å². The zero-order valence-corrected chi connectivity index (χ0v) is 13.3. The molecule has 0 aromatic carbocycles. The highest BCUT2D eigenvalue weighted by Crippen LogP contribution is 2.13. The van der Waals surface area contributed by atoms with E-state index in [1.54, 1.807) is 4.68 Å². The van der Waals surface area contributed by atoms with E-state index in [0.29, 0.717) is 12.6 Å². The molecule has 6 heteroatoms. The lowest BCUT2D eigenvalue weighted by Gasteiger charge is -2.08. The van der Waals surface area contributed by atoms with Gasteiger partial charge >= 0.3 is 0 Å². The Balaban J connectivity index is 2.71. The maximum absolute atomic E-state index is 11.2. The molecule has 0 saturated heterocycles. The number of nitrogens with one attached hydrogen (secondary N) is 1. The number of aryl methyl sites for hydroxylation is 2. The molecule has 0 saturated carbocycles. The maximum Gasteiger partial charge on any atom is 0.149 e. The summed E-state index contributed by atoms with van der Waals surface area (Å²) in [5.74, 6) is 0.138. The summed E-state index contributed by atoms with van der Waals surface area (Å²) in [6.07, 6.45) is 2.18. The van der Waals surface area contributed by atoms with Crippen molar-refractivity contribution in [3.05, 3.63) is 17.0 Å². The highest BCUT2D eigenvalue weighted by atomic mass is 32.2. The van der Waals surface area contributed by atoms with E-state index in [2.05, 4.69) is 24.3 Å². The molecule has 0 aliphatic rings. The van der Waals surface area contributed by atoms with Crippen molar-refractivity contribution in [2.24, 2.45) is 0 Å². The fourth-order valence-electron chi connectivity index (χ4n) is 2.05. The summed E-state index contributed by atoms with van der Waals surface area (Å²) in [7, 11) is -2.94. The second-order valence-corrected chi connectivity index (χ2v) is 7.62. The lowest BCUT2D eigenvalue weighted by atomic mass is 10.1. The van der Waals surface area contributed by atoms with Gasteiger partial charge in [0.1, 0.15) is 9.84 Å². The standard InChI is InChI=1S/C13H25N3O2S/c1-10(2)14-7-6-13-11(3)15-16(12(13)4)8-9-19(5,17)18/h10,14H,6-9H2,1-5H3. The molecular weight excluding hydrogens is 262 g/mol. The van der Waals surface area contributed by atoms with Crippen molar-refractivity contribution in [3.8, 4) is 0 Å². The molecule has 19 heavy (non-hydrogen) atoms. The summed E-state index contributed by atoms with van der Waals surface area (Å²) < 4.78 is 24.2. The van der Waals surface area contributed by atoms with Crippen LogP contribution >= 0.6 is 0 Å². The van der Waals surface area contributed by atoms with Crippen molar-refractivity contribution in [1.82, 2.24) is 15.1 Å². The van der Waals surface area contributed by atoms with Crippen molar-refractivity contribution in [2.75, 3.05) is 18.6 Å². The Kier molecular flexibility index (Phi) is 5.55. The van der Waals surface area contributed by atoms with Crippen LogP contribution in [0.3, 0.4) is 0 Å². The van der Waals surface area contributed by atoms with Gasteiger partial charge in [0.15, 0.2) is 0 Å². The summed E-state index contributed by atoms with van der Waals surface area (Å²) in [6.45, 7) is 9.58. The largest absolute Gasteiger partial charge is 0.314 e. The van der Waals surface area contributed by atoms with Crippen molar-refractivity contribution in [3.63, 3.8) is 0 Å². The van der Waals surface area contributed by atoms with Crippen LogP contribution in [-0.2, 0) is 22.8 Å². The first kappa shape index (κ1) is 16.2. The lowest BCUT2D eigenvalue weighted by molar-refractivity contribution is 0.579. The molecule has 0 radical (unpaired) electrons. The molecule has 1 aromatic rings. The Hall–Kier alpha value is -0.880. The minimum atomic E-state index is -2.94. The van der Waals surface area contributed by atoms with Gasteiger partial charge in [0.2, 0.25) is 0 Å². The van der Waals surface area contributed by atoms with Gasteiger partial charge < -0.3 is 5.32 Å². The minimum absolute atomic E-state index is 0.138. The predicted octanol–water partition coefficient (Wildman–Crippen LogP) is 1.09. The molecule has 0 amide bonds. The Bertz CT molecular complexity index is 518. The van der Waals surface area contributed by atoms with Crippen LogP contribution < -0.4 is 5.32 Å². The molecule has 110 valence electrons. The summed E-state index contributed by atoms with van der Waals surface area (Å²) in [4.78, 5) is 0. The van der Waals surface area contributed by atoms with Gasteiger partial charge in [0.25, 0.3) is 0 Å². The van der Waals surface area contributed by atoms with Crippen LogP contribution in [0.25, 0.3) is 0 Å². The first-order valence-corrected chi connectivity index (χ1v) is 8.70. The molecular formula is C13H25N3O2S.